The Morgan fingerprint density at radius 2 is 1.59 bits per heavy atom. The lowest BCUT2D eigenvalue weighted by Gasteiger charge is -2.32. The molecular formula is C23H32BN3O2. The van der Waals surface area contributed by atoms with Crippen molar-refractivity contribution in [1.82, 2.24) is 14.8 Å². The fraction of sp³-hybridized carbons (Fsp3) is 0.478. The van der Waals surface area contributed by atoms with Gasteiger partial charge in [-0.1, -0.05) is 50.3 Å². The molecule has 29 heavy (non-hydrogen) atoms. The van der Waals surface area contributed by atoms with Crippen LogP contribution in [0.3, 0.4) is 0 Å². The Kier molecular flexibility index (Phi) is 6.15. The van der Waals surface area contributed by atoms with E-state index in [1.54, 1.807) is 6.33 Å². The molecule has 154 valence electrons. The number of aromatic nitrogens is 3. The lowest BCUT2D eigenvalue weighted by atomic mass is 9.77. The maximum Gasteiger partial charge on any atom is 0.494 e. The summed E-state index contributed by atoms with van der Waals surface area (Å²) in [5, 5.41) is 8.35. The summed E-state index contributed by atoms with van der Waals surface area (Å²) in [4.78, 5) is 0. The molecule has 6 heteroatoms. The van der Waals surface area contributed by atoms with Gasteiger partial charge in [-0.15, -0.1) is 10.2 Å². The average Bonchev–Trinajstić information content (AvgIpc) is 3.23. The van der Waals surface area contributed by atoms with Gasteiger partial charge in [-0.25, -0.2) is 0 Å². The Morgan fingerprint density at radius 1 is 0.966 bits per heavy atom. The van der Waals surface area contributed by atoms with Gasteiger partial charge in [-0.2, -0.15) is 0 Å². The van der Waals surface area contributed by atoms with Gasteiger partial charge in [0, 0.05) is 12.6 Å². The molecule has 1 aliphatic heterocycles. The predicted molar refractivity (Wildman–Crippen MR) is 120 cm³/mol. The summed E-state index contributed by atoms with van der Waals surface area (Å²) in [6, 6.07) is 8.44. The molecule has 2 aromatic rings. The van der Waals surface area contributed by atoms with Crippen LogP contribution in [0, 0.1) is 0 Å². The van der Waals surface area contributed by atoms with Crippen molar-refractivity contribution in [2.75, 3.05) is 0 Å². The van der Waals surface area contributed by atoms with Gasteiger partial charge in [0.15, 0.2) is 5.82 Å². The van der Waals surface area contributed by atoms with Crippen LogP contribution in [0.5, 0.6) is 0 Å². The fourth-order valence-corrected chi connectivity index (χ4v) is 3.52. The lowest BCUT2D eigenvalue weighted by Crippen LogP contribution is -2.41. The first kappa shape index (κ1) is 21.5. The number of allylic oxidation sites excluding steroid dienone is 4. The summed E-state index contributed by atoms with van der Waals surface area (Å²) < 4.78 is 14.4. The Hall–Kier alpha value is -2.18. The summed E-state index contributed by atoms with van der Waals surface area (Å²) in [5.74, 6) is 0.891. The molecular weight excluding hydrogens is 361 g/mol. The first-order valence-corrected chi connectivity index (χ1v) is 10.5. The molecule has 0 unspecified atom stereocenters. The smallest absolute Gasteiger partial charge is 0.399 e. The van der Waals surface area contributed by atoms with Crippen LogP contribution >= 0.6 is 0 Å². The summed E-state index contributed by atoms with van der Waals surface area (Å²) in [6.45, 7) is 12.3. The molecule has 1 saturated heterocycles. The highest BCUT2D eigenvalue weighted by Gasteiger charge is 2.51. The van der Waals surface area contributed by atoms with E-state index in [-0.39, 0.29) is 18.3 Å². The molecule has 2 heterocycles. The summed E-state index contributed by atoms with van der Waals surface area (Å²) in [7, 11) is 1.62. The topological polar surface area (TPSA) is 49.2 Å². The van der Waals surface area contributed by atoms with Gasteiger partial charge in [0.2, 0.25) is 0 Å². The van der Waals surface area contributed by atoms with Crippen LogP contribution in [0.25, 0.3) is 11.1 Å². The average molecular weight is 393 g/mol. The first-order chi connectivity index (χ1) is 13.8. The van der Waals surface area contributed by atoms with Gasteiger partial charge in [0.1, 0.15) is 6.33 Å². The van der Waals surface area contributed by atoms with Crippen molar-refractivity contribution in [2.24, 2.45) is 7.05 Å². The Morgan fingerprint density at radius 3 is 2.17 bits per heavy atom. The van der Waals surface area contributed by atoms with Gasteiger partial charge in [-0.05, 0) is 57.1 Å². The molecule has 4 rings (SSSR count). The monoisotopic (exact) mass is 393 g/mol. The normalized spacial score (nSPS) is 19.9. The molecule has 1 aliphatic carbocycles. The van der Waals surface area contributed by atoms with Gasteiger partial charge in [0.05, 0.1) is 11.2 Å². The van der Waals surface area contributed by atoms with Crippen molar-refractivity contribution in [1.29, 1.82) is 0 Å². The van der Waals surface area contributed by atoms with Gasteiger partial charge in [-0.3, -0.25) is 0 Å². The van der Waals surface area contributed by atoms with Crippen molar-refractivity contribution >= 4 is 23.7 Å². The quantitative estimate of drug-likeness (QED) is 0.726. The van der Waals surface area contributed by atoms with Crippen molar-refractivity contribution in [3.05, 3.63) is 54.1 Å². The highest BCUT2D eigenvalue weighted by molar-refractivity contribution is 6.62. The van der Waals surface area contributed by atoms with E-state index in [0.717, 1.165) is 35.3 Å². The highest BCUT2D eigenvalue weighted by atomic mass is 16.7. The molecule has 5 nitrogen and oxygen atoms in total. The van der Waals surface area contributed by atoms with Crippen LogP contribution in [0.4, 0.5) is 0 Å². The van der Waals surface area contributed by atoms with Gasteiger partial charge >= 0.3 is 7.12 Å². The molecule has 2 aliphatic rings. The molecule has 1 fully saturated rings. The highest BCUT2D eigenvalue weighted by Crippen LogP contribution is 2.37. The molecule has 0 bridgehead atoms. The second-order valence-corrected chi connectivity index (χ2v) is 8.29. The van der Waals surface area contributed by atoms with Crippen molar-refractivity contribution in [2.45, 2.75) is 65.6 Å². The number of rotatable bonds is 3. The van der Waals surface area contributed by atoms with Gasteiger partial charge < -0.3 is 13.9 Å². The molecule has 0 radical (unpaired) electrons. The number of hydrogen-bond donors (Lipinski definition) is 0. The fourth-order valence-electron chi connectivity index (χ4n) is 3.52. The summed E-state index contributed by atoms with van der Waals surface area (Å²) >= 11 is 0. The Bertz CT molecular complexity index is 912. The minimum absolute atomic E-state index is 0.346. The molecule has 0 amide bonds. The van der Waals surface area contributed by atoms with E-state index in [1.165, 1.54) is 5.57 Å². The molecule has 0 spiro atoms. The van der Waals surface area contributed by atoms with E-state index in [9.17, 15) is 0 Å². The molecule has 0 N–H and O–H groups in total. The molecule has 0 atom stereocenters. The summed E-state index contributed by atoms with van der Waals surface area (Å²) in [5.41, 5.74) is 3.82. The maximum atomic E-state index is 6.23. The minimum atomic E-state index is -0.360. The molecule has 0 saturated carbocycles. The standard InChI is InChI=1S/C21H26BN3O2.C2H6/c1-20(2)21(3,4)27-22(26-20)16-10-8-9-15(13-16)17-11-6-7-12-18(17)19-24-23-14-25(19)5;1-2/h8-14H,6-7H2,1-5H3;1-2H3. The van der Waals surface area contributed by atoms with Crippen molar-refractivity contribution in [3.63, 3.8) is 0 Å². The maximum absolute atomic E-state index is 6.23. The van der Waals surface area contributed by atoms with E-state index in [0.29, 0.717) is 0 Å². The number of aryl methyl sites for hydroxylation is 1. The van der Waals surface area contributed by atoms with Crippen LogP contribution in [-0.2, 0) is 16.4 Å². The van der Waals surface area contributed by atoms with E-state index < -0.39 is 0 Å². The van der Waals surface area contributed by atoms with Crippen LogP contribution in [0.1, 0.15) is 65.8 Å². The molecule has 1 aromatic carbocycles. The third-order valence-corrected chi connectivity index (χ3v) is 5.83. The van der Waals surface area contributed by atoms with E-state index >= 15 is 0 Å². The zero-order chi connectivity index (χ0) is 21.2. The van der Waals surface area contributed by atoms with Crippen LogP contribution in [-0.4, -0.2) is 33.1 Å². The van der Waals surface area contributed by atoms with Crippen LogP contribution in [0.2, 0.25) is 0 Å². The number of nitrogens with zero attached hydrogens (tertiary/aromatic N) is 3. The number of benzene rings is 1. The lowest BCUT2D eigenvalue weighted by molar-refractivity contribution is 0.00578. The van der Waals surface area contributed by atoms with E-state index in [4.69, 9.17) is 9.31 Å². The molecule has 1 aromatic heterocycles. The largest absolute Gasteiger partial charge is 0.494 e. The zero-order valence-corrected chi connectivity index (χ0v) is 18.7. The summed E-state index contributed by atoms with van der Waals surface area (Å²) in [6.07, 6.45) is 8.32. The van der Waals surface area contributed by atoms with E-state index in [1.807, 2.05) is 25.5 Å². The van der Waals surface area contributed by atoms with Gasteiger partial charge in [0.25, 0.3) is 0 Å². The van der Waals surface area contributed by atoms with Crippen LogP contribution in [0.15, 0.2) is 42.7 Å². The Labute approximate surface area is 175 Å². The first-order valence-electron chi connectivity index (χ1n) is 10.5. The predicted octanol–water partition coefficient (Wildman–Crippen LogP) is 4.40. The third-order valence-electron chi connectivity index (χ3n) is 5.83. The second-order valence-electron chi connectivity index (χ2n) is 8.29. The third kappa shape index (κ3) is 4.10. The number of hydrogen-bond acceptors (Lipinski definition) is 4. The van der Waals surface area contributed by atoms with Crippen molar-refractivity contribution < 1.29 is 9.31 Å². The SMILES string of the molecule is CC.Cn1cnnc1C1=CCCC=C1c1cccc(B2OC(C)(C)C(C)(C)O2)c1. The second kappa shape index (κ2) is 8.29. The minimum Gasteiger partial charge on any atom is -0.399 e. The zero-order valence-electron chi connectivity index (χ0n) is 18.7. The van der Waals surface area contributed by atoms with E-state index in [2.05, 4.69) is 74.3 Å². The Balaban J connectivity index is 0.00000117. The van der Waals surface area contributed by atoms with Crippen molar-refractivity contribution in [3.8, 4) is 0 Å². The van der Waals surface area contributed by atoms with Crippen LogP contribution < -0.4 is 5.46 Å².